The highest BCUT2D eigenvalue weighted by molar-refractivity contribution is 8.00. The van der Waals surface area contributed by atoms with Gasteiger partial charge in [0.2, 0.25) is 5.91 Å². The van der Waals surface area contributed by atoms with Crippen LogP contribution in [-0.2, 0) is 28.8 Å². The van der Waals surface area contributed by atoms with E-state index in [4.69, 9.17) is 0 Å². The van der Waals surface area contributed by atoms with Crippen molar-refractivity contribution in [2.45, 2.75) is 68.3 Å². The number of urea groups is 1. The zero-order valence-electron chi connectivity index (χ0n) is 26.0. The molecule has 2 aliphatic rings. The topological polar surface area (TPSA) is 281 Å². The average Bonchev–Trinajstić information content (AvgIpc) is 3.51. The molecule has 3 amide bonds. The van der Waals surface area contributed by atoms with Gasteiger partial charge in [0.05, 0.1) is 41.9 Å². The molecule has 2 aliphatic heterocycles. The van der Waals surface area contributed by atoms with E-state index in [1.165, 1.54) is 4.90 Å². The molecule has 0 bridgehead atoms. The van der Waals surface area contributed by atoms with Crippen LogP contribution in [0.15, 0.2) is 0 Å². The summed E-state index contributed by atoms with van der Waals surface area (Å²) in [6.07, 6.45) is 3.39. The Kier molecular flexibility index (Phi) is 17.3. The second-order valence-corrected chi connectivity index (χ2v) is 12.8. The van der Waals surface area contributed by atoms with Crippen molar-refractivity contribution in [2.24, 2.45) is 0 Å². The first-order valence-corrected chi connectivity index (χ1v) is 16.4. The molecule has 2 saturated heterocycles. The van der Waals surface area contributed by atoms with Crippen LogP contribution in [-0.4, -0.2) is 145 Å². The lowest BCUT2D eigenvalue weighted by Gasteiger charge is -2.36. The van der Waals surface area contributed by atoms with E-state index in [9.17, 15) is 59.1 Å². The monoisotopic (exact) mass is 685 g/mol. The number of carboxylic acids is 5. The Labute approximate surface area is 276 Å². The van der Waals surface area contributed by atoms with Gasteiger partial charge >= 0.3 is 6.03 Å². The predicted molar refractivity (Wildman–Crippen MR) is 154 cm³/mol. The summed E-state index contributed by atoms with van der Waals surface area (Å²) in [4.78, 5) is 83.4. The number of fused-ring (bicyclic) bond motifs is 1. The number of carboxylic acid groups (broad SMARTS) is 5. The fraction of sp³-hybridized carbons (Fsp3) is 0.750. The minimum Gasteiger partial charge on any atom is -0.549 e. The summed E-state index contributed by atoms with van der Waals surface area (Å²) in [5.74, 6) is -7.11. The van der Waals surface area contributed by atoms with Gasteiger partial charge in [-0.2, -0.15) is 11.8 Å². The summed E-state index contributed by atoms with van der Waals surface area (Å²) in [6, 6.07) is -1.19. The largest absolute Gasteiger partial charge is 0.549 e. The van der Waals surface area contributed by atoms with Gasteiger partial charge in [0, 0.05) is 82.4 Å². The normalized spacial score (nSPS) is 19.3. The highest BCUT2D eigenvalue weighted by Gasteiger charge is 2.42. The van der Waals surface area contributed by atoms with Gasteiger partial charge in [-0.3, -0.25) is 19.5 Å². The van der Waals surface area contributed by atoms with Gasteiger partial charge in [-0.05, 0) is 32.1 Å². The fourth-order valence-electron chi connectivity index (χ4n) is 5.62. The Hall–Kier alpha value is -3.68. The van der Waals surface area contributed by atoms with Gasteiger partial charge in [-0.1, -0.05) is 6.42 Å². The maximum Gasteiger partial charge on any atom is 0.315 e. The Morgan fingerprint density at radius 3 is 1.83 bits per heavy atom. The number of rotatable bonds is 26. The number of carbonyl (C=O) groups is 7. The first kappa shape index (κ1) is 39.5. The van der Waals surface area contributed by atoms with Crippen molar-refractivity contribution < 1.29 is 59.1 Å². The van der Waals surface area contributed by atoms with Crippen LogP contribution in [0.4, 0.5) is 4.79 Å². The lowest BCUT2D eigenvalue weighted by atomic mass is 10.0. The lowest BCUT2D eigenvalue weighted by Crippen LogP contribution is -2.54. The maximum absolute atomic E-state index is 12.3. The molecule has 0 saturated carbocycles. The molecule has 0 radical (unpaired) electrons. The van der Waals surface area contributed by atoms with E-state index in [1.807, 2.05) is 0 Å². The number of amides is 3. The van der Waals surface area contributed by atoms with Crippen molar-refractivity contribution in [2.75, 3.05) is 64.7 Å². The number of unbranched alkanes of at least 4 members (excludes halogenated alkanes) is 2. The molecule has 266 valence electrons. The van der Waals surface area contributed by atoms with Gasteiger partial charge in [0.1, 0.15) is 0 Å². The van der Waals surface area contributed by atoms with E-state index in [1.54, 1.807) is 11.8 Å². The third-order valence-electron chi connectivity index (χ3n) is 7.84. The SMILES string of the molecule is O=C([O-])CN(CCN(CCN(CC(=O)[O-])CC(=O)[O-])C(CCCCNC(=O)CCCCC1SCC2NC(=O)NC21)C(=O)[O-])CC(=O)[O-]. The molecule has 2 rings (SSSR count). The highest BCUT2D eigenvalue weighted by atomic mass is 32.2. The maximum atomic E-state index is 12.3. The molecule has 19 heteroatoms. The molecule has 0 spiro atoms. The molecule has 4 atom stereocenters. The van der Waals surface area contributed by atoms with Crippen LogP contribution in [0.3, 0.4) is 0 Å². The van der Waals surface area contributed by atoms with Crippen LogP contribution in [0, 0.1) is 0 Å². The first-order chi connectivity index (χ1) is 22.2. The van der Waals surface area contributed by atoms with E-state index < -0.39 is 62.1 Å². The minimum atomic E-state index is -1.58. The Balaban J connectivity index is 1.86. The van der Waals surface area contributed by atoms with Crippen molar-refractivity contribution in [1.29, 1.82) is 0 Å². The number of nitrogens with zero attached hydrogens (tertiary/aromatic N) is 3. The van der Waals surface area contributed by atoms with Gasteiger partial charge in [-0.15, -0.1) is 0 Å². The number of aliphatic carboxylic acids is 5. The van der Waals surface area contributed by atoms with Crippen LogP contribution in [0.1, 0.15) is 44.9 Å². The molecule has 0 aromatic heterocycles. The molecule has 2 fully saturated rings. The number of nitrogens with one attached hydrogen (secondary N) is 3. The molecule has 18 nitrogen and oxygen atoms in total. The standard InChI is InChI=1S/C28H46N6O12S/c35-21(7-2-1-6-20-26-18(17-47-20)30-28(46)31-26)29-8-4-3-5-19(27(44)45)34(11-9-32(13-22(36)37)14-23(38)39)12-10-33(15-24(40)41)16-25(42)43/h18-20,26H,1-17H2,(H,29,35)(H,36,37)(H,38,39)(H,40,41)(H,42,43)(H,44,45)(H2,30,31,46)/p-5. The fourth-order valence-corrected chi connectivity index (χ4v) is 7.17. The lowest BCUT2D eigenvalue weighted by molar-refractivity contribution is -0.314. The molecule has 4 unspecified atom stereocenters. The Morgan fingerprint density at radius 2 is 1.32 bits per heavy atom. The molecule has 0 aromatic rings. The van der Waals surface area contributed by atoms with E-state index in [0.717, 1.165) is 28.4 Å². The highest BCUT2D eigenvalue weighted by Crippen LogP contribution is 2.33. The zero-order chi connectivity index (χ0) is 34.9. The summed E-state index contributed by atoms with van der Waals surface area (Å²) in [5.41, 5.74) is 0. The molecule has 3 N–H and O–H groups in total. The second kappa shape index (κ2) is 20.5. The van der Waals surface area contributed by atoms with Crippen LogP contribution < -0.4 is 41.5 Å². The smallest absolute Gasteiger partial charge is 0.315 e. The second-order valence-electron chi connectivity index (χ2n) is 11.5. The van der Waals surface area contributed by atoms with Crippen LogP contribution in [0.2, 0.25) is 0 Å². The van der Waals surface area contributed by atoms with E-state index in [-0.39, 0.29) is 63.2 Å². The number of hydrogen-bond donors (Lipinski definition) is 3. The molecule has 2 heterocycles. The summed E-state index contributed by atoms with van der Waals surface area (Å²) in [5, 5.41) is 65.3. The van der Waals surface area contributed by atoms with E-state index >= 15 is 0 Å². The third kappa shape index (κ3) is 15.6. The molecular weight excluding hydrogens is 644 g/mol. The van der Waals surface area contributed by atoms with Gasteiger partial charge in [0.25, 0.3) is 0 Å². The molecule has 0 aromatic carbocycles. The van der Waals surface area contributed by atoms with Gasteiger partial charge in [0.15, 0.2) is 0 Å². The number of hydrogen-bond acceptors (Lipinski definition) is 16. The van der Waals surface area contributed by atoms with Crippen molar-refractivity contribution in [3.8, 4) is 0 Å². The van der Waals surface area contributed by atoms with Gasteiger partial charge in [-0.25, -0.2) is 4.79 Å². The first-order valence-electron chi connectivity index (χ1n) is 15.4. The summed E-state index contributed by atoms with van der Waals surface area (Å²) < 4.78 is 0. The quantitative estimate of drug-likeness (QED) is 0.0563. The Bertz CT molecular complexity index is 1040. The minimum absolute atomic E-state index is 0.00671. The molecular formula is C28H41N6O12S-5. The third-order valence-corrected chi connectivity index (χ3v) is 9.35. The van der Waals surface area contributed by atoms with Crippen molar-refractivity contribution in [3.05, 3.63) is 0 Å². The number of thioether (sulfide) groups is 1. The Morgan fingerprint density at radius 1 is 0.766 bits per heavy atom. The van der Waals surface area contributed by atoms with Crippen LogP contribution >= 0.6 is 11.8 Å². The van der Waals surface area contributed by atoms with Crippen LogP contribution in [0.25, 0.3) is 0 Å². The summed E-state index contributed by atoms with van der Waals surface area (Å²) in [7, 11) is 0. The van der Waals surface area contributed by atoms with Crippen molar-refractivity contribution in [3.63, 3.8) is 0 Å². The average molecular weight is 686 g/mol. The molecule has 47 heavy (non-hydrogen) atoms. The predicted octanol–water partition coefficient (Wildman–Crippen LogP) is -7.98. The van der Waals surface area contributed by atoms with Crippen LogP contribution in [0.5, 0.6) is 0 Å². The summed E-state index contributed by atoms with van der Waals surface area (Å²) >= 11 is 1.80. The number of carbonyl (C=O) groups excluding carboxylic acids is 7. The van der Waals surface area contributed by atoms with Crippen molar-refractivity contribution in [1.82, 2.24) is 30.7 Å². The zero-order valence-corrected chi connectivity index (χ0v) is 26.8. The van der Waals surface area contributed by atoms with Gasteiger partial charge < -0.3 is 65.5 Å². The van der Waals surface area contributed by atoms with E-state index in [2.05, 4.69) is 16.0 Å². The van der Waals surface area contributed by atoms with Crippen molar-refractivity contribution >= 4 is 53.5 Å². The summed E-state index contributed by atoms with van der Waals surface area (Å²) in [6.45, 7) is -3.78. The molecule has 0 aliphatic carbocycles. The van der Waals surface area contributed by atoms with E-state index in [0.29, 0.717) is 30.9 Å².